The van der Waals surface area contributed by atoms with Gasteiger partial charge in [-0.2, -0.15) is 5.10 Å². The van der Waals surface area contributed by atoms with E-state index in [0.717, 1.165) is 11.0 Å². The molecule has 0 radical (unpaired) electrons. The molecule has 0 bridgehead atoms. The Balaban J connectivity index is 2.39. The highest BCUT2D eigenvalue weighted by molar-refractivity contribution is 9.10. The number of ketones is 1. The van der Waals surface area contributed by atoms with Gasteiger partial charge in [0.25, 0.3) is 0 Å². The molecule has 17 heavy (non-hydrogen) atoms. The fourth-order valence-corrected chi connectivity index (χ4v) is 2.05. The van der Waals surface area contributed by atoms with Crippen LogP contribution in [-0.4, -0.2) is 15.6 Å². The van der Waals surface area contributed by atoms with Crippen LogP contribution in [0.1, 0.15) is 22.8 Å². The molecule has 0 fully saturated rings. The summed E-state index contributed by atoms with van der Waals surface area (Å²) in [7, 11) is 0. The van der Waals surface area contributed by atoms with Crippen molar-refractivity contribution < 1.29 is 4.79 Å². The Morgan fingerprint density at radius 3 is 2.94 bits per heavy atom. The van der Waals surface area contributed by atoms with Gasteiger partial charge in [-0.3, -0.25) is 9.48 Å². The lowest BCUT2D eigenvalue weighted by atomic mass is 10.1. The van der Waals surface area contributed by atoms with E-state index in [1.807, 2.05) is 6.92 Å². The number of hydrogen-bond acceptors (Lipinski definition) is 2. The fourth-order valence-electron chi connectivity index (χ4n) is 1.48. The number of aryl methyl sites for hydroxylation is 1. The van der Waals surface area contributed by atoms with Crippen LogP contribution in [0.25, 0.3) is 0 Å². The van der Waals surface area contributed by atoms with Crippen LogP contribution in [-0.2, 0) is 6.54 Å². The summed E-state index contributed by atoms with van der Waals surface area (Å²) in [5.74, 6) is -0.115. The average Bonchev–Trinajstić information content (AvgIpc) is 2.80. The second kappa shape index (κ2) is 5.02. The largest absolute Gasteiger partial charge is 0.288 e. The Bertz CT molecular complexity index is 565. The normalized spacial score (nSPS) is 10.5. The molecule has 3 nitrogen and oxygen atoms in total. The summed E-state index contributed by atoms with van der Waals surface area (Å²) < 4.78 is 2.53. The lowest BCUT2D eigenvalue weighted by Gasteiger charge is -2.02. The maximum Gasteiger partial charge on any atom is 0.197 e. The maximum atomic E-state index is 12.2. The van der Waals surface area contributed by atoms with Crippen LogP contribution in [0.2, 0.25) is 5.02 Å². The number of aromatic nitrogens is 2. The lowest BCUT2D eigenvalue weighted by Crippen LogP contribution is -2.01. The minimum atomic E-state index is -0.115. The SMILES string of the molecule is CCn1cc(C(=O)c2cc(Br)ccc2Cl)cn1. The van der Waals surface area contributed by atoms with Gasteiger partial charge in [0.15, 0.2) is 5.78 Å². The molecule has 0 amide bonds. The number of carbonyl (C=O) groups excluding carboxylic acids is 1. The highest BCUT2D eigenvalue weighted by Crippen LogP contribution is 2.23. The van der Waals surface area contributed by atoms with Crippen molar-refractivity contribution in [2.75, 3.05) is 0 Å². The monoisotopic (exact) mass is 312 g/mol. The molecule has 88 valence electrons. The standard InChI is InChI=1S/C12H10BrClN2O/c1-2-16-7-8(6-15-16)12(17)10-5-9(13)3-4-11(10)14/h3-7H,2H2,1H3. The van der Waals surface area contributed by atoms with E-state index in [0.29, 0.717) is 16.1 Å². The molecule has 0 atom stereocenters. The van der Waals surface area contributed by atoms with Gasteiger partial charge in [0.1, 0.15) is 0 Å². The topological polar surface area (TPSA) is 34.9 Å². The van der Waals surface area contributed by atoms with Crippen molar-refractivity contribution in [1.82, 2.24) is 9.78 Å². The Labute approximate surface area is 113 Å². The maximum absolute atomic E-state index is 12.2. The van der Waals surface area contributed by atoms with Crippen molar-refractivity contribution in [3.05, 3.63) is 51.2 Å². The number of nitrogens with zero attached hydrogens (tertiary/aromatic N) is 2. The summed E-state index contributed by atoms with van der Waals surface area (Å²) in [6, 6.07) is 5.21. The minimum Gasteiger partial charge on any atom is -0.288 e. The zero-order valence-electron chi connectivity index (χ0n) is 9.15. The van der Waals surface area contributed by atoms with E-state index in [1.54, 1.807) is 35.3 Å². The molecule has 0 aliphatic heterocycles. The lowest BCUT2D eigenvalue weighted by molar-refractivity contribution is 0.103. The summed E-state index contributed by atoms with van der Waals surface area (Å²) >= 11 is 9.34. The first-order valence-electron chi connectivity index (χ1n) is 5.14. The van der Waals surface area contributed by atoms with Crippen molar-refractivity contribution in [1.29, 1.82) is 0 Å². The van der Waals surface area contributed by atoms with Gasteiger partial charge in [0.2, 0.25) is 0 Å². The highest BCUT2D eigenvalue weighted by Gasteiger charge is 2.14. The van der Waals surface area contributed by atoms with E-state index in [4.69, 9.17) is 11.6 Å². The minimum absolute atomic E-state index is 0.115. The molecule has 0 unspecified atom stereocenters. The van der Waals surface area contributed by atoms with Gasteiger partial charge >= 0.3 is 0 Å². The molecular weight excluding hydrogens is 304 g/mol. The molecule has 1 aromatic carbocycles. The summed E-state index contributed by atoms with van der Waals surface area (Å²) in [6.07, 6.45) is 3.28. The molecule has 0 saturated heterocycles. The average molecular weight is 314 g/mol. The Kier molecular flexibility index (Phi) is 3.64. The molecule has 1 aromatic heterocycles. The van der Waals surface area contributed by atoms with Crippen molar-refractivity contribution in [2.45, 2.75) is 13.5 Å². The molecule has 0 aliphatic carbocycles. The number of rotatable bonds is 3. The molecule has 1 heterocycles. The fraction of sp³-hybridized carbons (Fsp3) is 0.167. The molecule has 0 aliphatic rings. The number of benzene rings is 1. The molecular formula is C12H10BrClN2O. The first-order valence-corrected chi connectivity index (χ1v) is 6.31. The highest BCUT2D eigenvalue weighted by atomic mass is 79.9. The van der Waals surface area contributed by atoms with E-state index < -0.39 is 0 Å². The zero-order valence-corrected chi connectivity index (χ0v) is 11.5. The van der Waals surface area contributed by atoms with Gasteiger partial charge in [0, 0.05) is 22.8 Å². The van der Waals surface area contributed by atoms with Crippen molar-refractivity contribution in [3.8, 4) is 0 Å². The summed E-state index contributed by atoms with van der Waals surface area (Å²) in [6.45, 7) is 2.70. The number of halogens is 2. The number of carbonyl (C=O) groups is 1. The predicted octanol–water partition coefficient (Wildman–Crippen LogP) is 3.55. The smallest absolute Gasteiger partial charge is 0.197 e. The van der Waals surface area contributed by atoms with Gasteiger partial charge in [-0.05, 0) is 25.1 Å². The molecule has 5 heteroatoms. The summed E-state index contributed by atoms with van der Waals surface area (Å²) in [4.78, 5) is 12.2. The predicted molar refractivity (Wildman–Crippen MR) is 70.5 cm³/mol. The first-order chi connectivity index (χ1) is 8.11. The second-order valence-corrected chi connectivity index (χ2v) is 4.86. The molecule has 0 saturated carbocycles. The molecule has 0 spiro atoms. The van der Waals surface area contributed by atoms with Gasteiger partial charge in [0.05, 0.1) is 16.8 Å². The van der Waals surface area contributed by atoms with E-state index in [1.165, 1.54) is 0 Å². The van der Waals surface area contributed by atoms with Gasteiger partial charge in [-0.15, -0.1) is 0 Å². The Hall–Kier alpha value is -1.13. The van der Waals surface area contributed by atoms with Crippen molar-refractivity contribution in [3.63, 3.8) is 0 Å². The Morgan fingerprint density at radius 2 is 2.29 bits per heavy atom. The number of hydrogen-bond donors (Lipinski definition) is 0. The van der Waals surface area contributed by atoms with Gasteiger partial charge in [-0.1, -0.05) is 27.5 Å². The van der Waals surface area contributed by atoms with E-state index >= 15 is 0 Å². The van der Waals surface area contributed by atoms with Crippen molar-refractivity contribution >= 4 is 33.3 Å². The quantitative estimate of drug-likeness (QED) is 0.812. The summed E-state index contributed by atoms with van der Waals surface area (Å²) in [5, 5.41) is 4.52. The first kappa shape index (κ1) is 12.3. The van der Waals surface area contributed by atoms with Crippen LogP contribution in [0.5, 0.6) is 0 Å². The second-order valence-electron chi connectivity index (χ2n) is 3.54. The summed E-state index contributed by atoms with van der Waals surface area (Å²) in [5.41, 5.74) is 1.03. The van der Waals surface area contributed by atoms with Crippen LogP contribution in [0, 0.1) is 0 Å². The van der Waals surface area contributed by atoms with Crippen LogP contribution in [0.15, 0.2) is 35.1 Å². The van der Waals surface area contributed by atoms with E-state index in [2.05, 4.69) is 21.0 Å². The third-order valence-electron chi connectivity index (χ3n) is 2.39. The van der Waals surface area contributed by atoms with E-state index in [-0.39, 0.29) is 5.78 Å². The molecule has 2 aromatic rings. The third kappa shape index (κ3) is 2.58. The van der Waals surface area contributed by atoms with Crippen LogP contribution in [0.3, 0.4) is 0 Å². The van der Waals surface area contributed by atoms with Gasteiger partial charge < -0.3 is 0 Å². The van der Waals surface area contributed by atoms with Crippen LogP contribution >= 0.6 is 27.5 Å². The Morgan fingerprint density at radius 1 is 1.53 bits per heavy atom. The zero-order chi connectivity index (χ0) is 12.4. The van der Waals surface area contributed by atoms with Crippen LogP contribution in [0.4, 0.5) is 0 Å². The van der Waals surface area contributed by atoms with Crippen molar-refractivity contribution in [2.24, 2.45) is 0 Å². The van der Waals surface area contributed by atoms with E-state index in [9.17, 15) is 4.79 Å². The van der Waals surface area contributed by atoms with Gasteiger partial charge in [-0.25, -0.2) is 0 Å². The molecule has 2 rings (SSSR count). The third-order valence-corrected chi connectivity index (χ3v) is 3.22. The van der Waals surface area contributed by atoms with Crippen LogP contribution < -0.4 is 0 Å². The molecule has 0 N–H and O–H groups in total.